The zero-order valence-electron chi connectivity index (χ0n) is 5.78. The molecular formula is C7H15N. The van der Waals surface area contributed by atoms with Gasteiger partial charge in [0.2, 0.25) is 0 Å². The van der Waals surface area contributed by atoms with Gasteiger partial charge in [0.1, 0.15) is 0 Å². The Morgan fingerprint density at radius 2 is 1.88 bits per heavy atom. The van der Waals surface area contributed by atoms with Crippen LogP contribution in [0, 0.1) is 5.41 Å². The third-order valence-corrected chi connectivity index (χ3v) is 2.66. The van der Waals surface area contributed by atoms with Crippen LogP contribution in [0.4, 0.5) is 0 Å². The van der Waals surface area contributed by atoms with Gasteiger partial charge in [-0.1, -0.05) is 13.8 Å². The van der Waals surface area contributed by atoms with Crippen molar-refractivity contribution in [3.05, 3.63) is 0 Å². The summed E-state index contributed by atoms with van der Waals surface area (Å²) in [5.74, 6) is 0. The van der Waals surface area contributed by atoms with Gasteiger partial charge in [-0.15, -0.1) is 0 Å². The molecule has 0 spiro atoms. The van der Waals surface area contributed by atoms with Crippen molar-refractivity contribution in [3.8, 4) is 0 Å². The van der Waals surface area contributed by atoms with Gasteiger partial charge in [-0.25, -0.2) is 0 Å². The lowest BCUT2D eigenvalue weighted by molar-refractivity contribution is 0.454. The van der Waals surface area contributed by atoms with Gasteiger partial charge < -0.3 is 5.73 Å². The Hall–Kier alpha value is -0.0400. The van der Waals surface area contributed by atoms with Crippen LogP contribution in [-0.4, -0.2) is 6.04 Å². The lowest BCUT2D eigenvalue weighted by atomic mass is 10.00. The quantitative estimate of drug-likeness (QED) is 0.577. The topological polar surface area (TPSA) is 26.0 Å². The first-order valence-corrected chi connectivity index (χ1v) is 3.51. The van der Waals surface area contributed by atoms with E-state index >= 15 is 0 Å². The van der Waals surface area contributed by atoms with Gasteiger partial charge in [-0.05, 0) is 24.7 Å². The van der Waals surface area contributed by atoms with Crippen molar-refractivity contribution in [2.45, 2.75) is 39.2 Å². The first kappa shape index (κ1) is 6.09. The van der Waals surface area contributed by atoms with Crippen LogP contribution in [0.25, 0.3) is 0 Å². The summed E-state index contributed by atoms with van der Waals surface area (Å²) in [5.41, 5.74) is 6.29. The number of rotatable bonds is 2. The Labute approximate surface area is 51.3 Å². The molecule has 0 aromatic rings. The monoisotopic (exact) mass is 113 g/mol. The van der Waals surface area contributed by atoms with Crippen LogP contribution >= 0.6 is 0 Å². The van der Waals surface area contributed by atoms with E-state index in [1.165, 1.54) is 19.3 Å². The highest BCUT2D eigenvalue weighted by Crippen LogP contribution is 2.49. The predicted molar refractivity (Wildman–Crippen MR) is 35.6 cm³/mol. The molecule has 0 saturated heterocycles. The summed E-state index contributed by atoms with van der Waals surface area (Å²) in [5, 5.41) is 0. The van der Waals surface area contributed by atoms with Crippen molar-refractivity contribution in [1.82, 2.24) is 0 Å². The van der Waals surface area contributed by atoms with Gasteiger partial charge in [-0.3, -0.25) is 0 Å². The molecule has 1 atom stereocenters. The van der Waals surface area contributed by atoms with Crippen molar-refractivity contribution in [1.29, 1.82) is 0 Å². The molecule has 1 nitrogen and oxygen atoms in total. The maximum atomic E-state index is 5.72. The number of nitrogens with two attached hydrogens (primary N) is 1. The first-order valence-electron chi connectivity index (χ1n) is 3.51. The van der Waals surface area contributed by atoms with E-state index in [1.807, 2.05) is 0 Å². The fraction of sp³-hybridized carbons (Fsp3) is 1.00. The molecule has 1 saturated carbocycles. The summed E-state index contributed by atoms with van der Waals surface area (Å²) < 4.78 is 0. The zero-order valence-corrected chi connectivity index (χ0v) is 5.78. The molecule has 0 aromatic carbocycles. The van der Waals surface area contributed by atoms with Crippen LogP contribution in [0.15, 0.2) is 0 Å². The van der Waals surface area contributed by atoms with E-state index in [-0.39, 0.29) is 0 Å². The molecule has 1 unspecified atom stereocenters. The lowest BCUT2D eigenvalue weighted by Crippen LogP contribution is -2.11. The number of hydrogen-bond acceptors (Lipinski definition) is 1. The second kappa shape index (κ2) is 1.73. The molecule has 1 heteroatoms. The lowest BCUT2D eigenvalue weighted by Gasteiger charge is -2.07. The molecule has 1 aliphatic carbocycles. The Morgan fingerprint density at radius 3 is 1.88 bits per heavy atom. The van der Waals surface area contributed by atoms with Crippen molar-refractivity contribution in [2.75, 3.05) is 0 Å². The summed E-state index contributed by atoms with van der Waals surface area (Å²) in [4.78, 5) is 0. The minimum atomic E-state index is 0.525. The average molecular weight is 113 g/mol. The molecule has 1 rings (SSSR count). The van der Waals surface area contributed by atoms with Crippen LogP contribution in [0.3, 0.4) is 0 Å². The van der Waals surface area contributed by atoms with Gasteiger partial charge in [-0.2, -0.15) is 0 Å². The van der Waals surface area contributed by atoms with E-state index in [0.29, 0.717) is 11.5 Å². The maximum absolute atomic E-state index is 5.72. The third kappa shape index (κ3) is 0.655. The van der Waals surface area contributed by atoms with Gasteiger partial charge in [0.15, 0.2) is 0 Å². The SMILES string of the molecule is CCC1(CC)CC1N. The highest BCUT2D eigenvalue weighted by Gasteiger charge is 2.48. The standard InChI is InChI=1S/C7H15N/c1-3-7(4-2)5-6(7)8/h6H,3-5,8H2,1-2H3. The third-order valence-electron chi connectivity index (χ3n) is 2.66. The van der Waals surface area contributed by atoms with Crippen LogP contribution in [0.5, 0.6) is 0 Å². The predicted octanol–water partition coefficient (Wildman–Crippen LogP) is 1.52. The second-order valence-electron chi connectivity index (χ2n) is 2.88. The largest absolute Gasteiger partial charge is 0.327 e. The molecule has 0 aromatic heterocycles. The zero-order chi connectivity index (χ0) is 6.20. The second-order valence-corrected chi connectivity index (χ2v) is 2.88. The van der Waals surface area contributed by atoms with Crippen LogP contribution < -0.4 is 5.73 Å². The van der Waals surface area contributed by atoms with Gasteiger partial charge in [0, 0.05) is 6.04 Å². The summed E-state index contributed by atoms with van der Waals surface area (Å²) in [6.07, 6.45) is 3.80. The molecular weight excluding hydrogens is 98.1 g/mol. The van der Waals surface area contributed by atoms with Crippen molar-refractivity contribution < 1.29 is 0 Å². The highest BCUT2D eigenvalue weighted by atomic mass is 14.8. The summed E-state index contributed by atoms with van der Waals surface area (Å²) in [6.45, 7) is 4.46. The van der Waals surface area contributed by atoms with Crippen molar-refractivity contribution in [3.63, 3.8) is 0 Å². The van der Waals surface area contributed by atoms with E-state index in [1.54, 1.807) is 0 Å². The van der Waals surface area contributed by atoms with Crippen LogP contribution in [0.2, 0.25) is 0 Å². The molecule has 0 aliphatic heterocycles. The minimum Gasteiger partial charge on any atom is -0.327 e. The molecule has 2 N–H and O–H groups in total. The summed E-state index contributed by atoms with van der Waals surface area (Å²) in [6, 6.07) is 0.525. The van der Waals surface area contributed by atoms with Crippen LogP contribution in [-0.2, 0) is 0 Å². The van der Waals surface area contributed by atoms with Crippen LogP contribution in [0.1, 0.15) is 33.1 Å². The normalized spacial score (nSPS) is 32.6. The Bertz CT molecular complexity index is 78.9. The smallest absolute Gasteiger partial charge is 0.0102 e. The van der Waals surface area contributed by atoms with Gasteiger partial charge in [0.05, 0.1) is 0 Å². The Balaban J connectivity index is 2.39. The Kier molecular flexibility index (Phi) is 1.31. The highest BCUT2D eigenvalue weighted by molar-refractivity contribution is 5.03. The Morgan fingerprint density at radius 1 is 1.50 bits per heavy atom. The van der Waals surface area contributed by atoms with Gasteiger partial charge in [0.25, 0.3) is 0 Å². The summed E-state index contributed by atoms with van der Waals surface area (Å²) in [7, 11) is 0. The van der Waals surface area contributed by atoms with E-state index in [0.717, 1.165) is 0 Å². The fourth-order valence-corrected chi connectivity index (χ4v) is 1.44. The molecule has 1 aliphatic rings. The molecule has 1 fully saturated rings. The van der Waals surface area contributed by atoms with E-state index < -0.39 is 0 Å². The molecule has 0 radical (unpaired) electrons. The average Bonchev–Trinajstić information content (AvgIpc) is 2.43. The maximum Gasteiger partial charge on any atom is 0.0102 e. The molecule has 0 bridgehead atoms. The van der Waals surface area contributed by atoms with E-state index in [4.69, 9.17) is 5.73 Å². The molecule has 48 valence electrons. The van der Waals surface area contributed by atoms with E-state index in [2.05, 4.69) is 13.8 Å². The molecule has 8 heavy (non-hydrogen) atoms. The van der Waals surface area contributed by atoms with Crippen molar-refractivity contribution >= 4 is 0 Å². The summed E-state index contributed by atoms with van der Waals surface area (Å²) >= 11 is 0. The van der Waals surface area contributed by atoms with E-state index in [9.17, 15) is 0 Å². The molecule has 0 heterocycles. The number of hydrogen-bond donors (Lipinski definition) is 1. The van der Waals surface area contributed by atoms with Gasteiger partial charge >= 0.3 is 0 Å². The molecule has 0 amide bonds. The minimum absolute atomic E-state index is 0.525. The first-order chi connectivity index (χ1) is 3.75. The van der Waals surface area contributed by atoms with Crippen molar-refractivity contribution in [2.24, 2.45) is 11.1 Å². The fourth-order valence-electron chi connectivity index (χ4n) is 1.44.